The third kappa shape index (κ3) is 3.26. The van der Waals surface area contributed by atoms with Crippen LogP contribution in [0.1, 0.15) is 10.4 Å². The minimum absolute atomic E-state index is 0.247. The summed E-state index contributed by atoms with van der Waals surface area (Å²) in [6.07, 6.45) is 0. The number of fused-ring (bicyclic) bond motifs is 1. The van der Waals surface area contributed by atoms with Crippen LogP contribution in [-0.4, -0.2) is 13.1 Å². The third-order valence-electron chi connectivity index (χ3n) is 3.38. The zero-order valence-electron chi connectivity index (χ0n) is 12.2. The summed E-state index contributed by atoms with van der Waals surface area (Å²) in [5, 5.41) is 2.64. The van der Waals surface area contributed by atoms with Gasteiger partial charge in [0.15, 0.2) is 0 Å². The van der Waals surface area contributed by atoms with Gasteiger partial charge in [-0.2, -0.15) is 0 Å². The lowest BCUT2D eigenvalue weighted by atomic mass is 10.1. The summed E-state index contributed by atoms with van der Waals surface area (Å²) < 4.78 is 10.7. The SMILES string of the molecule is COc1cc2ccccc2cc1C(=O)Oc1ccc(Cl)cc1Cl. The second-order valence-corrected chi connectivity index (χ2v) is 5.71. The van der Waals surface area contributed by atoms with E-state index in [2.05, 4.69) is 0 Å². The van der Waals surface area contributed by atoms with E-state index in [4.69, 9.17) is 32.7 Å². The first-order chi connectivity index (χ1) is 11.1. The summed E-state index contributed by atoms with van der Waals surface area (Å²) in [5.41, 5.74) is 0.331. The lowest BCUT2D eigenvalue weighted by molar-refractivity contribution is 0.0731. The molecule has 0 aliphatic carbocycles. The quantitative estimate of drug-likeness (QED) is 0.472. The highest BCUT2D eigenvalue weighted by Crippen LogP contribution is 2.31. The Labute approximate surface area is 143 Å². The molecule has 0 radical (unpaired) electrons. The summed E-state index contributed by atoms with van der Waals surface area (Å²) in [6, 6.07) is 15.9. The molecule has 3 aromatic rings. The molecule has 5 heteroatoms. The predicted molar refractivity (Wildman–Crippen MR) is 91.9 cm³/mol. The number of methoxy groups -OCH3 is 1. The van der Waals surface area contributed by atoms with Crippen molar-refractivity contribution in [3.8, 4) is 11.5 Å². The molecule has 0 heterocycles. The molecule has 0 aromatic heterocycles. The van der Waals surface area contributed by atoms with Crippen LogP contribution in [0.2, 0.25) is 10.0 Å². The molecular formula is C18H12Cl2O3. The first-order valence-electron chi connectivity index (χ1n) is 6.82. The van der Waals surface area contributed by atoms with Crippen LogP contribution in [0.3, 0.4) is 0 Å². The monoisotopic (exact) mass is 346 g/mol. The van der Waals surface area contributed by atoms with E-state index in [-0.39, 0.29) is 10.8 Å². The van der Waals surface area contributed by atoms with E-state index in [0.717, 1.165) is 10.8 Å². The van der Waals surface area contributed by atoms with Crippen LogP contribution in [0, 0.1) is 0 Å². The van der Waals surface area contributed by atoms with E-state index in [9.17, 15) is 4.79 Å². The van der Waals surface area contributed by atoms with Crippen molar-refractivity contribution in [1.29, 1.82) is 0 Å². The second kappa shape index (κ2) is 6.49. The minimum atomic E-state index is -0.545. The number of hydrogen-bond donors (Lipinski definition) is 0. The van der Waals surface area contributed by atoms with Crippen molar-refractivity contribution in [2.24, 2.45) is 0 Å². The summed E-state index contributed by atoms with van der Waals surface area (Å²) in [4.78, 5) is 12.5. The fourth-order valence-corrected chi connectivity index (χ4v) is 2.71. The van der Waals surface area contributed by atoms with E-state index in [1.165, 1.54) is 13.2 Å². The van der Waals surface area contributed by atoms with Crippen LogP contribution in [0.15, 0.2) is 54.6 Å². The Morgan fingerprint density at radius 3 is 2.26 bits per heavy atom. The molecule has 0 bridgehead atoms. The number of halogens is 2. The van der Waals surface area contributed by atoms with Crippen molar-refractivity contribution in [1.82, 2.24) is 0 Å². The molecule has 0 spiro atoms. The largest absolute Gasteiger partial charge is 0.496 e. The molecule has 3 aromatic carbocycles. The standard InChI is InChI=1S/C18H12Cl2O3/c1-22-17-9-12-5-3-2-4-11(12)8-14(17)18(21)23-16-7-6-13(19)10-15(16)20/h2-10H,1H3. The summed E-state index contributed by atoms with van der Waals surface area (Å²) in [5.74, 6) is 0.145. The molecule has 3 nitrogen and oxygen atoms in total. The Hall–Kier alpha value is -2.23. The minimum Gasteiger partial charge on any atom is -0.496 e. The maximum atomic E-state index is 12.5. The average molecular weight is 347 g/mol. The Bertz CT molecular complexity index is 891. The van der Waals surface area contributed by atoms with Crippen molar-refractivity contribution in [3.63, 3.8) is 0 Å². The summed E-state index contributed by atoms with van der Waals surface area (Å²) in [7, 11) is 1.51. The van der Waals surface area contributed by atoms with Crippen LogP contribution in [0.5, 0.6) is 11.5 Å². The molecule has 0 aliphatic rings. The van der Waals surface area contributed by atoms with Gasteiger partial charge in [0.25, 0.3) is 0 Å². The molecule has 0 fully saturated rings. The van der Waals surface area contributed by atoms with Gasteiger partial charge in [-0.1, -0.05) is 47.5 Å². The molecule has 116 valence electrons. The first kappa shape index (κ1) is 15.7. The predicted octanol–water partition coefficient (Wildman–Crippen LogP) is 5.37. The van der Waals surface area contributed by atoms with E-state index in [1.54, 1.807) is 24.3 Å². The van der Waals surface area contributed by atoms with Crippen LogP contribution in [0.4, 0.5) is 0 Å². The van der Waals surface area contributed by atoms with Gasteiger partial charge in [-0.25, -0.2) is 4.79 Å². The van der Waals surface area contributed by atoms with Crippen LogP contribution < -0.4 is 9.47 Å². The Morgan fingerprint density at radius 1 is 0.913 bits per heavy atom. The van der Waals surface area contributed by atoms with Gasteiger partial charge in [0.2, 0.25) is 0 Å². The molecule has 3 rings (SSSR count). The van der Waals surface area contributed by atoms with Gasteiger partial charge >= 0.3 is 5.97 Å². The second-order valence-electron chi connectivity index (χ2n) is 4.86. The molecule has 0 saturated carbocycles. The molecule has 0 unspecified atom stereocenters. The fourth-order valence-electron chi connectivity index (χ4n) is 2.26. The van der Waals surface area contributed by atoms with Gasteiger partial charge in [-0.05, 0) is 41.1 Å². The van der Waals surface area contributed by atoms with Gasteiger partial charge in [0.1, 0.15) is 17.1 Å². The number of hydrogen-bond acceptors (Lipinski definition) is 3. The van der Waals surface area contributed by atoms with E-state index < -0.39 is 5.97 Å². The van der Waals surface area contributed by atoms with Crippen molar-refractivity contribution in [2.75, 3.05) is 7.11 Å². The first-order valence-corrected chi connectivity index (χ1v) is 7.58. The lowest BCUT2D eigenvalue weighted by Crippen LogP contribution is -2.10. The highest BCUT2D eigenvalue weighted by Gasteiger charge is 2.17. The van der Waals surface area contributed by atoms with Gasteiger partial charge < -0.3 is 9.47 Å². The van der Waals surface area contributed by atoms with Crippen molar-refractivity contribution >= 4 is 39.9 Å². The van der Waals surface area contributed by atoms with E-state index in [0.29, 0.717) is 16.3 Å². The van der Waals surface area contributed by atoms with Gasteiger partial charge in [0.05, 0.1) is 12.1 Å². The summed E-state index contributed by atoms with van der Waals surface area (Å²) in [6.45, 7) is 0. The number of carbonyl (C=O) groups is 1. The maximum Gasteiger partial charge on any atom is 0.347 e. The topological polar surface area (TPSA) is 35.5 Å². The van der Waals surface area contributed by atoms with E-state index >= 15 is 0 Å². The third-order valence-corrected chi connectivity index (χ3v) is 3.91. The van der Waals surface area contributed by atoms with E-state index in [1.807, 2.05) is 24.3 Å². The number of ether oxygens (including phenoxy) is 2. The normalized spacial score (nSPS) is 10.6. The van der Waals surface area contributed by atoms with Crippen LogP contribution in [-0.2, 0) is 0 Å². The molecular weight excluding hydrogens is 335 g/mol. The van der Waals surface area contributed by atoms with Crippen molar-refractivity contribution in [3.05, 3.63) is 70.2 Å². The Balaban J connectivity index is 1.99. The Morgan fingerprint density at radius 2 is 1.61 bits per heavy atom. The lowest BCUT2D eigenvalue weighted by Gasteiger charge is -2.11. The molecule has 23 heavy (non-hydrogen) atoms. The number of rotatable bonds is 3. The van der Waals surface area contributed by atoms with Crippen molar-refractivity contribution < 1.29 is 14.3 Å². The Kier molecular flexibility index (Phi) is 4.42. The molecule has 0 aliphatic heterocycles. The fraction of sp³-hybridized carbons (Fsp3) is 0.0556. The number of carbonyl (C=O) groups excluding carboxylic acids is 1. The highest BCUT2D eigenvalue weighted by molar-refractivity contribution is 6.35. The van der Waals surface area contributed by atoms with Crippen LogP contribution >= 0.6 is 23.2 Å². The molecule has 0 N–H and O–H groups in total. The summed E-state index contributed by atoms with van der Waals surface area (Å²) >= 11 is 11.9. The maximum absolute atomic E-state index is 12.5. The van der Waals surface area contributed by atoms with Crippen molar-refractivity contribution in [2.45, 2.75) is 0 Å². The number of benzene rings is 3. The average Bonchev–Trinajstić information content (AvgIpc) is 2.56. The highest BCUT2D eigenvalue weighted by atomic mass is 35.5. The molecule has 0 saturated heterocycles. The van der Waals surface area contributed by atoms with Gasteiger partial charge in [0, 0.05) is 5.02 Å². The van der Waals surface area contributed by atoms with Crippen LogP contribution in [0.25, 0.3) is 10.8 Å². The smallest absolute Gasteiger partial charge is 0.347 e. The number of esters is 1. The van der Waals surface area contributed by atoms with Gasteiger partial charge in [-0.3, -0.25) is 0 Å². The molecule has 0 amide bonds. The zero-order valence-corrected chi connectivity index (χ0v) is 13.7. The molecule has 0 atom stereocenters. The zero-order chi connectivity index (χ0) is 16.4. The van der Waals surface area contributed by atoms with Gasteiger partial charge in [-0.15, -0.1) is 0 Å².